The van der Waals surface area contributed by atoms with Crippen molar-refractivity contribution >= 4 is 27.8 Å². The summed E-state index contributed by atoms with van der Waals surface area (Å²) in [7, 11) is 0. The van der Waals surface area contributed by atoms with Crippen LogP contribution in [0.1, 0.15) is 21.6 Å². The fourth-order valence-corrected chi connectivity index (χ4v) is 2.83. The summed E-state index contributed by atoms with van der Waals surface area (Å²) in [6, 6.07) is 19.9. The molecular weight excluding hydrogens is 382 g/mol. The molecule has 0 unspecified atom stereocenters. The van der Waals surface area contributed by atoms with Crippen LogP contribution in [0.4, 0.5) is 5.95 Å². The minimum atomic E-state index is -1.09. The quantitative estimate of drug-likeness (QED) is 0.676. The standard InChI is InChI=1S/C19H16BrN3O2/c20-16-11-21-19(22-17(16)18(24)25)23(12-14-7-3-1-4-8-14)13-15-9-5-2-6-10-15/h1-11H,12-13H2,(H,24,25). The highest BCUT2D eigenvalue weighted by atomic mass is 79.9. The minimum Gasteiger partial charge on any atom is -0.476 e. The maximum Gasteiger partial charge on any atom is 0.355 e. The molecular formula is C19H16BrN3O2. The van der Waals surface area contributed by atoms with E-state index >= 15 is 0 Å². The van der Waals surface area contributed by atoms with Gasteiger partial charge in [0.1, 0.15) is 0 Å². The van der Waals surface area contributed by atoms with Crippen molar-refractivity contribution < 1.29 is 9.90 Å². The van der Waals surface area contributed by atoms with Gasteiger partial charge < -0.3 is 10.0 Å². The van der Waals surface area contributed by atoms with Crippen molar-refractivity contribution in [3.8, 4) is 0 Å². The van der Waals surface area contributed by atoms with Crippen molar-refractivity contribution in [2.24, 2.45) is 0 Å². The van der Waals surface area contributed by atoms with Gasteiger partial charge in [0.05, 0.1) is 4.47 Å². The molecule has 0 aliphatic carbocycles. The number of anilines is 1. The van der Waals surface area contributed by atoms with Crippen LogP contribution in [0, 0.1) is 0 Å². The third kappa shape index (κ3) is 4.42. The Morgan fingerprint density at radius 3 is 1.96 bits per heavy atom. The van der Waals surface area contributed by atoms with Gasteiger partial charge >= 0.3 is 5.97 Å². The third-order valence-corrected chi connectivity index (χ3v) is 4.23. The number of aromatic nitrogens is 2. The molecule has 1 heterocycles. The lowest BCUT2D eigenvalue weighted by atomic mass is 10.2. The maximum absolute atomic E-state index is 11.4. The largest absolute Gasteiger partial charge is 0.476 e. The Balaban J connectivity index is 1.95. The number of carboxylic acid groups (broad SMARTS) is 1. The van der Waals surface area contributed by atoms with Gasteiger partial charge in [-0.3, -0.25) is 0 Å². The average molecular weight is 398 g/mol. The van der Waals surface area contributed by atoms with Crippen LogP contribution >= 0.6 is 15.9 Å². The molecule has 0 fully saturated rings. The number of aromatic carboxylic acids is 1. The fraction of sp³-hybridized carbons (Fsp3) is 0.105. The lowest BCUT2D eigenvalue weighted by Crippen LogP contribution is -2.25. The van der Waals surface area contributed by atoms with Crippen LogP contribution in [0.15, 0.2) is 71.3 Å². The molecule has 126 valence electrons. The number of halogens is 1. The number of hydrogen-bond donors (Lipinski definition) is 1. The Morgan fingerprint density at radius 2 is 1.48 bits per heavy atom. The zero-order valence-electron chi connectivity index (χ0n) is 13.3. The van der Waals surface area contributed by atoms with Gasteiger partial charge in [-0.2, -0.15) is 0 Å². The first-order chi connectivity index (χ1) is 12.1. The Hall–Kier alpha value is -2.73. The van der Waals surface area contributed by atoms with E-state index in [0.717, 1.165) is 11.1 Å². The predicted molar refractivity (Wildman–Crippen MR) is 99.5 cm³/mol. The summed E-state index contributed by atoms with van der Waals surface area (Å²) < 4.78 is 0.364. The summed E-state index contributed by atoms with van der Waals surface area (Å²) in [6.45, 7) is 1.16. The van der Waals surface area contributed by atoms with Crippen molar-refractivity contribution in [3.63, 3.8) is 0 Å². The molecule has 1 aromatic heterocycles. The van der Waals surface area contributed by atoms with Crippen molar-refractivity contribution in [1.29, 1.82) is 0 Å². The van der Waals surface area contributed by atoms with Crippen molar-refractivity contribution in [2.75, 3.05) is 4.90 Å². The van der Waals surface area contributed by atoms with Gasteiger partial charge in [-0.1, -0.05) is 60.7 Å². The lowest BCUT2D eigenvalue weighted by Gasteiger charge is -2.23. The molecule has 0 atom stereocenters. The van der Waals surface area contributed by atoms with Crippen molar-refractivity contribution in [3.05, 3.63) is 88.2 Å². The average Bonchev–Trinajstić information content (AvgIpc) is 2.63. The lowest BCUT2D eigenvalue weighted by molar-refractivity contribution is 0.0689. The van der Waals surface area contributed by atoms with Crippen LogP contribution in [0.2, 0.25) is 0 Å². The molecule has 0 radical (unpaired) electrons. The van der Waals surface area contributed by atoms with Gasteiger partial charge in [-0.25, -0.2) is 14.8 Å². The van der Waals surface area contributed by atoms with E-state index in [2.05, 4.69) is 25.9 Å². The summed E-state index contributed by atoms with van der Waals surface area (Å²) in [4.78, 5) is 21.9. The highest BCUT2D eigenvalue weighted by Crippen LogP contribution is 2.20. The summed E-state index contributed by atoms with van der Waals surface area (Å²) in [5, 5.41) is 9.31. The number of nitrogens with zero attached hydrogens (tertiary/aromatic N) is 3. The number of benzene rings is 2. The van der Waals surface area contributed by atoms with Crippen molar-refractivity contribution in [1.82, 2.24) is 9.97 Å². The SMILES string of the molecule is O=C(O)c1nc(N(Cc2ccccc2)Cc2ccccc2)ncc1Br. The zero-order chi connectivity index (χ0) is 17.6. The van der Waals surface area contributed by atoms with Gasteiger partial charge in [0.2, 0.25) is 5.95 Å². The molecule has 0 saturated carbocycles. The van der Waals surface area contributed by atoms with Gasteiger partial charge in [-0.15, -0.1) is 0 Å². The second kappa shape index (κ2) is 7.90. The molecule has 5 nitrogen and oxygen atoms in total. The topological polar surface area (TPSA) is 66.3 Å². The fourth-order valence-electron chi connectivity index (χ4n) is 2.47. The summed E-state index contributed by atoms with van der Waals surface area (Å²) in [5.41, 5.74) is 2.15. The highest BCUT2D eigenvalue weighted by Gasteiger charge is 2.17. The highest BCUT2D eigenvalue weighted by molar-refractivity contribution is 9.10. The molecule has 25 heavy (non-hydrogen) atoms. The summed E-state index contributed by atoms with van der Waals surface area (Å²) in [5.74, 6) is -0.705. The molecule has 2 aromatic carbocycles. The van der Waals surface area contributed by atoms with E-state index in [-0.39, 0.29) is 5.69 Å². The van der Waals surface area contributed by atoms with Crippen LogP contribution in [-0.2, 0) is 13.1 Å². The van der Waals surface area contributed by atoms with E-state index in [1.807, 2.05) is 65.6 Å². The summed E-state index contributed by atoms with van der Waals surface area (Å²) >= 11 is 3.19. The Morgan fingerprint density at radius 1 is 0.960 bits per heavy atom. The number of carbonyl (C=O) groups is 1. The predicted octanol–water partition coefficient (Wildman–Crippen LogP) is 4.14. The molecule has 3 aromatic rings. The molecule has 0 aliphatic rings. The second-order valence-electron chi connectivity index (χ2n) is 5.50. The minimum absolute atomic E-state index is 0.0453. The van der Waals surface area contributed by atoms with Crippen LogP contribution < -0.4 is 4.90 Å². The van der Waals surface area contributed by atoms with Gasteiger partial charge in [-0.05, 0) is 27.1 Å². The third-order valence-electron chi connectivity index (χ3n) is 3.65. The second-order valence-corrected chi connectivity index (χ2v) is 6.35. The first-order valence-electron chi connectivity index (χ1n) is 7.72. The van der Waals surface area contributed by atoms with Gasteiger partial charge in [0, 0.05) is 19.3 Å². The van der Waals surface area contributed by atoms with E-state index in [4.69, 9.17) is 0 Å². The molecule has 1 N–H and O–H groups in total. The number of hydrogen-bond acceptors (Lipinski definition) is 4. The molecule has 6 heteroatoms. The molecule has 0 spiro atoms. The first kappa shape index (κ1) is 17.1. The number of rotatable bonds is 6. The smallest absolute Gasteiger partial charge is 0.355 e. The van der Waals surface area contributed by atoms with Crippen LogP contribution in [-0.4, -0.2) is 21.0 Å². The molecule has 0 amide bonds. The normalized spacial score (nSPS) is 10.4. The van der Waals surface area contributed by atoms with E-state index in [1.165, 1.54) is 6.20 Å². The first-order valence-corrected chi connectivity index (χ1v) is 8.51. The van der Waals surface area contributed by atoms with E-state index in [1.54, 1.807) is 0 Å². The van der Waals surface area contributed by atoms with Gasteiger partial charge in [0.25, 0.3) is 0 Å². The molecule has 0 aliphatic heterocycles. The van der Waals surface area contributed by atoms with Crippen LogP contribution in [0.25, 0.3) is 0 Å². The Bertz CT molecular complexity index is 816. The van der Waals surface area contributed by atoms with Crippen molar-refractivity contribution in [2.45, 2.75) is 13.1 Å². The van der Waals surface area contributed by atoms with E-state index < -0.39 is 5.97 Å². The Labute approximate surface area is 154 Å². The van der Waals surface area contributed by atoms with Gasteiger partial charge in [0.15, 0.2) is 5.69 Å². The van der Waals surface area contributed by atoms with E-state index in [0.29, 0.717) is 23.5 Å². The maximum atomic E-state index is 11.4. The summed E-state index contributed by atoms with van der Waals surface area (Å²) in [6.07, 6.45) is 1.48. The van der Waals surface area contributed by atoms with E-state index in [9.17, 15) is 9.90 Å². The molecule has 3 rings (SSSR count). The van der Waals surface area contributed by atoms with Crippen LogP contribution in [0.5, 0.6) is 0 Å². The number of carboxylic acids is 1. The monoisotopic (exact) mass is 397 g/mol. The molecule has 0 saturated heterocycles. The zero-order valence-corrected chi connectivity index (χ0v) is 14.9. The van der Waals surface area contributed by atoms with Crippen LogP contribution in [0.3, 0.4) is 0 Å². The Kier molecular flexibility index (Phi) is 5.40. The molecule has 0 bridgehead atoms.